The number of thioether (sulfide) groups is 1. The smallest absolute Gasteiger partial charge is 0.236 e. The highest BCUT2D eigenvalue weighted by molar-refractivity contribution is 7.98. The fourth-order valence-corrected chi connectivity index (χ4v) is 2.15. The molecule has 0 bridgehead atoms. The third-order valence-electron chi connectivity index (χ3n) is 2.55. The molecule has 1 aliphatic heterocycles. The molecule has 86 valence electrons. The first kappa shape index (κ1) is 11.4. The normalized spacial score (nSPS) is 24.5. The Kier molecular flexibility index (Phi) is 3.46. The number of hydrogen-bond donors (Lipinski definition) is 0. The van der Waals surface area contributed by atoms with Crippen LogP contribution in [0.1, 0.15) is 31.5 Å². The van der Waals surface area contributed by atoms with Gasteiger partial charge in [-0.1, -0.05) is 5.16 Å². The summed E-state index contributed by atoms with van der Waals surface area (Å²) < 4.78 is 10.7. The van der Waals surface area contributed by atoms with Crippen LogP contribution in [0.3, 0.4) is 0 Å². The van der Waals surface area contributed by atoms with Crippen LogP contribution in [-0.2, 0) is 16.1 Å². The van der Waals surface area contributed by atoms with Gasteiger partial charge in [0.2, 0.25) is 11.7 Å². The molecule has 0 radical (unpaired) electrons. The number of hydrogen-bond acceptors (Lipinski definition) is 6. The van der Waals surface area contributed by atoms with Crippen LogP contribution in [0.2, 0.25) is 0 Å². The van der Waals surface area contributed by atoms with E-state index in [0.29, 0.717) is 23.2 Å². The molecular formula is C10H13N3O2S. The maximum atomic E-state index is 8.41. The minimum Gasteiger partial charge on any atom is -0.367 e. The van der Waals surface area contributed by atoms with Crippen molar-refractivity contribution in [3.8, 4) is 6.07 Å². The summed E-state index contributed by atoms with van der Waals surface area (Å²) >= 11 is 1.46. The Morgan fingerprint density at radius 2 is 2.50 bits per heavy atom. The molecule has 2 heterocycles. The zero-order valence-electron chi connectivity index (χ0n) is 9.10. The molecule has 1 aliphatic rings. The van der Waals surface area contributed by atoms with Gasteiger partial charge in [0, 0.05) is 6.61 Å². The monoisotopic (exact) mass is 239 g/mol. The molecule has 0 aliphatic carbocycles. The Hall–Kier alpha value is -1.06. The van der Waals surface area contributed by atoms with E-state index in [0.717, 1.165) is 19.4 Å². The lowest BCUT2D eigenvalue weighted by Crippen LogP contribution is -2.21. The largest absolute Gasteiger partial charge is 0.367 e. The van der Waals surface area contributed by atoms with Gasteiger partial charge in [-0.2, -0.15) is 10.2 Å². The van der Waals surface area contributed by atoms with Gasteiger partial charge in [-0.3, -0.25) is 0 Å². The van der Waals surface area contributed by atoms with Crippen molar-refractivity contribution in [2.45, 2.75) is 31.1 Å². The van der Waals surface area contributed by atoms with E-state index in [9.17, 15) is 0 Å². The van der Waals surface area contributed by atoms with Crippen molar-refractivity contribution < 1.29 is 9.26 Å². The maximum absolute atomic E-state index is 8.41. The second kappa shape index (κ2) is 4.85. The standard InChI is InChI=1S/C10H13N3O2S/c1-10(3-2-5-14-10)9-12-8(15-13-9)7-16-6-4-11/h2-3,5-7H2,1H3. The lowest BCUT2D eigenvalue weighted by atomic mass is 10.0. The van der Waals surface area contributed by atoms with Crippen LogP contribution in [0.5, 0.6) is 0 Å². The summed E-state index contributed by atoms with van der Waals surface area (Å²) in [5.41, 5.74) is -0.387. The van der Waals surface area contributed by atoms with Crippen molar-refractivity contribution in [2.24, 2.45) is 0 Å². The molecule has 1 aromatic heterocycles. The first-order chi connectivity index (χ1) is 7.74. The molecule has 0 N–H and O–H groups in total. The maximum Gasteiger partial charge on any atom is 0.236 e. The van der Waals surface area contributed by atoms with Crippen molar-refractivity contribution in [3.63, 3.8) is 0 Å². The fourth-order valence-electron chi connectivity index (χ4n) is 1.67. The summed E-state index contributed by atoms with van der Waals surface area (Å²) in [5.74, 6) is 2.20. The van der Waals surface area contributed by atoms with E-state index in [4.69, 9.17) is 14.5 Å². The lowest BCUT2D eigenvalue weighted by molar-refractivity contribution is 0.00768. The van der Waals surface area contributed by atoms with Crippen molar-refractivity contribution >= 4 is 11.8 Å². The molecule has 6 heteroatoms. The molecule has 1 saturated heterocycles. The van der Waals surface area contributed by atoms with Crippen LogP contribution in [0.4, 0.5) is 0 Å². The summed E-state index contributed by atoms with van der Waals surface area (Å²) in [6.07, 6.45) is 1.96. The molecule has 5 nitrogen and oxygen atoms in total. The minimum atomic E-state index is -0.387. The van der Waals surface area contributed by atoms with E-state index < -0.39 is 0 Å². The quantitative estimate of drug-likeness (QED) is 0.747. The van der Waals surface area contributed by atoms with E-state index in [1.807, 2.05) is 6.92 Å². The van der Waals surface area contributed by atoms with Crippen molar-refractivity contribution in [1.82, 2.24) is 10.1 Å². The van der Waals surface area contributed by atoms with Gasteiger partial charge in [-0.15, -0.1) is 11.8 Å². The van der Waals surface area contributed by atoms with Crippen molar-refractivity contribution in [3.05, 3.63) is 11.7 Å². The van der Waals surface area contributed by atoms with Crippen LogP contribution in [0, 0.1) is 11.3 Å². The van der Waals surface area contributed by atoms with E-state index in [1.54, 1.807) is 0 Å². The highest BCUT2D eigenvalue weighted by Crippen LogP contribution is 2.33. The minimum absolute atomic E-state index is 0.387. The zero-order valence-corrected chi connectivity index (χ0v) is 9.92. The number of nitrogens with zero attached hydrogens (tertiary/aromatic N) is 3. The number of aromatic nitrogens is 2. The Morgan fingerprint density at radius 1 is 1.62 bits per heavy atom. The number of ether oxygens (including phenoxy) is 1. The molecule has 1 unspecified atom stereocenters. The molecule has 1 fully saturated rings. The lowest BCUT2D eigenvalue weighted by Gasteiger charge is -2.17. The van der Waals surface area contributed by atoms with Gasteiger partial charge >= 0.3 is 0 Å². The fraction of sp³-hybridized carbons (Fsp3) is 0.700. The predicted octanol–water partition coefficient (Wildman–Crippen LogP) is 1.85. The van der Waals surface area contributed by atoms with Gasteiger partial charge < -0.3 is 9.26 Å². The molecule has 1 aromatic rings. The molecule has 16 heavy (non-hydrogen) atoms. The highest BCUT2D eigenvalue weighted by atomic mass is 32.2. The third-order valence-corrected chi connectivity index (χ3v) is 3.34. The third kappa shape index (κ3) is 2.36. The summed E-state index contributed by atoms with van der Waals surface area (Å²) in [6, 6.07) is 2.06. The Labute approximate surface area is 98.2 Å². The van der Waals surface area contributed by atoms with Gasteiger partial charge in [0.15, 0.2) is 0 Å². The molecular weight excluding hydrogens is 226 g/mol. The Balaban J connectivity index is 1.99. The number of rotatable bonds is 4. The van der Waals surface area contributed by atoms with E-state index >= 15 is 0 Å². The molecule has 1 atom stereocenters. The summed E-state index contributed by atoms with van der Waals surface area (Å²) in [4.78, 5) is 4.30. The SMILES string of the molecule is CC1(c2noc(CSCC#N)n2)CCCO1. The first-order valence-corrected chi connectivity index (χ1v) is 6.32. The predicted molar refractivity (Wildman–Crippen MR) is 58.6 cm³/mol. The van der Waals surface area contributed by atoms with E-state index in [2.05, 4.69) is 16.2 Å². The average molecular weight is 239 g/mol. The molecule has 0 spiro atoms. The van der Waals surface area contributed by atoms with Gasteiger partial charge in [-0.05, 0) is 19.8 Å². The van der Waals surface area contributed by atoms with Gasteiger partial charge in [0.25, 0.3) is 0 Å². The Morgan fingerprint density at radius 3 is 3.19 bits per heavy atom. The van der Waals surface area contributed by atoms with Crippen LogP contribution in [0.25, 0.3) is 0 Å². The summed E-state index contributed by atoms with van der Waals surface area (Å²) in [5, 5.41) is 12.3. The second-order valence-corrected chi connectivity index (χ2v) is 4.83. The number of nitriles is 1. The molecule has 0 aromatic carbocycles. The second-order valence-electron chi connectivity index (χ2n) is 3.85. The van der Waals surface area contributed by atoms with E-state index in [-0.39, 0.29) is 5.60 Å². The summed E-state index contributed by atoms with van der Waals surface area (Å²) in [7, 11) is 0. The van der Waals surface area contributed by atoms with Crippen LogP contribution < -0.4 is 0 Å². The van der Waals surface area contributed by atoms with Gasteiger partial charge in [0.1, 0.15) is 5.60 Å². The van der Waals surface area contributed by atoms with Crippen LogP contribution in [-0.4, -0.2) is 22.5 Å². The van der Waals surface area contributed by atoms with Crippen LogP contribution in [0.15, 0.2) is 4.52 Å². The highest BCUT2D eigenvalue weighted by Gasteiger charge is 2.36. The summed E-state index contributed by atoms with van der Waals surface area (Å²) in [6.45, 7) is 2.74. The van der Waals surface area contributed by atoms with Gasteiger partial charge in [0.05, 0.1) is 17.6 Å². The Bertz CT molecular complexity index is 393. The van der Waals surface area contributed by atoms with E-state index in [1.165, 1.54) is 11.8 Å². The topological polar surface area (TPSA) is 71.9 Å². The zero-order chi connectivity index (χ0) is 11.4. The molecule has 0 amide bonds. The average Bonchev–Trinajstić information content (AvgIpc) is 2.88. The van der Waals surface area contributed by atoms with Crippen LogP contribution >= 0.6 is 11.8 Å². The first-order valence-electron chi connectivity index (χ1n) is 5.16. The van der Waals surface area contributed by atoms with Crippen molar-refractivity contribution in [2.75, 3.05) is 12.4 Å². The van der Waals surface area contributed by atoms with Gasteiger partial charge in [-0.25, -0.2) is 0 Å². The van der Waals surface area contributed by atoms with Crippen molar-refractivity contribution in [1.29, 1.82) is 5.26 Å². The molecule has 0 saturated carbocycles. The molecule has 2 rings (SSSR count).